The van der Waals surface area contributed by atoms with Crippen molar-refractivity contribution in [2.24, 2.45) is 5.73 Å². The van der Waals surface area contributed by atoms with E-state index in [9.17, 15) is 9.59 Å². The van der Waals surface area contributed by atoms with Crippen molar-refractivity contribution in [3.05, 3.63) is 130 Å². The van der Waals surface area contributed by atoms with Crippen molar-refractivity contribution < 1.29 is 4.79 Å². The van der Waals surface area contributed by atoms with E-state index in [1.807, 2.05) is 103 Å². The van der Waals surface area contributed by atoms with E-state index >= 15 is 0 Å². The van der Waals surface area contributed by atoms with Gasteiger partial charge >= 0.3 is 0 Å². The Labute approximate surface area is 222 Å². The van der Waals surface area contributed by atoms with Gasteiger partial charge in [0, 0.05) is 30.3 Å². The van der Waals surface area contributed by atoms with E-state index in [1.165, 1.54) is 0 Å². The van der Waals surface area contributed by atoms with Gasteiger partial charge in [-0.25, -0.2) is 4.98 Å². The summed E-state index contributed by atoms with van der Waals surface area (Å²) in [6.07, 6.45) is 3.44. The van der Waals surface area contributed by atoms with E-state index in [0.29, 0.717) is 54.8 Å². The average molecular weight is 505 g/mol. The molecule has 0 saturated heterocycles. The first-order valence-corrected chi connectivity index (χ1v) is 13.1. The van der Waals surface area contributed by atoms with Crippen molar-refractivity contribution >= 4 is 22.3 Å². The van der Waals surface area contributed by atoms with Crippen LogP contribution >= 0.6 is 0 Å². The Balaban J connectivity index is 1.64. The number of aromatic nitrogens is 2. The summed E-state index contributed by atoms with van der Waals surface area (Å²) in [4.78, 5) is 34.7. The second-order valence-corrected chi connectivity index (χ2v) is 9.50. The molecule has 6 heteroatoms. The fourth-order valence-corrected chi connectivity index (χ4v) is 5.09. The first kappa shape index (κ1) is 25.4. The van der Waals surface area contributed by atoms with Gasteiger partial charge in [-0.15, -0.1) is 0 Å². The van der Waals surface area contributed by atoms with E-state index < -0.39 is 0 Å². The molecule has 0 aliphatic carbocycles. The quantitative estimate of drug-likeness (QED) is 0.292. The Morgan fingerprint density at radius 1 is 0.947 bits per heavy atom. The maximum atomic E-state index is 14.1. The molecule has 0 aliphatic heterocycles. The number of fused-ring (bicyclic) bond motifs is 2. The zero-order chi connectivity index (χ0) is 26.5. The standard InChI is InChI=1S/C32H32N4O2/c1-2-28(35(20-10-18-33)31(37)26-17-16-24-13-6-7-14-25(24)22-26)30-27(21-23-11-4-3-5-12-23)32(38)36-19-9-8-15-29(36)34-30/h3-9,11-17,19,22,28H,2,10,18,20-21,33H2,1H3. The predicted octanol–water partition coefficient (Wildman–Crippen LogP) is 5.38. The Morgan fingerprint density at radius 2 is 1.68 bits per heavy atom. The predicted molar refractivity (Wildman–Crippen MR) is 152 cm³/mol. The number of carbonyl (C=O) groups is 1. The Bertz CT molecular complexity index is 1630. The van der Waals surface area contributed by atoms with Crippen LogP contribution in [0.15, 0.2) is 102 Å². The third kappa shape index (κ3) is 5.08. The summed E-state index contributed by atoms with van der Waals surface area (Å²) in [5, 5.41) is 2.09. The van der Waals surface area contributed by atoms with Crippen LogP contribution in [0.2, 0.25) is 0 Å². The first-order chi connectivity index (χ1) is 18.6. The minimum Gasteiger partial charge on any atom is -0.330 e. The van der Waals surface area contributed by atoms with Crippen LogP contribution in [0.4, 0.5) is 0 Å². The van der Waals surface area contributed by atoms with Crippen LogP contribution in [0.3, 0.4) is 0 Å². The van der Waals surface area contributed by atoms with Crippen LogP contribution in [0.25, 0.3) is 16.4 Å². The summed E-state index contributed by atoms with van der Waals surface area (Å²) in [6, 6.07) is 28.9. The molecule has 0 radical (unpaired) electrons. The molecule has 1 amide bonds. The highest BCUT2D eigenvalue weighted by atomic mass is 16.2. The molecule has 38 heavy (non-hydrogen) atoms. The molecule has 0 aliphatic rings. The molecule has 1 unspecified atom stereocenters. The van der Waals surface area contributed by atoms with E-state index in [0.717, 1.165) is 16.3 Å². The zero-order valence-corrected chi connectivity index (χ0v) is 21.6. The molecule has 1 atom stereocenters. The summed E-state index contributed by atoms with van der Waals surface area (Å²) in [5.41, 5.74) is 9.25. The van der Waals surface area contributed by atoms with Crippen molar-refractivity contribution in [1.29, 1.82) is 0 Å². The van der Waals surface area contributed by atoms with Crippen LogP contribution in [0.5, 0.6) is 0 Å². The van der Waals surface area contributed by atoms with Gasteiger partial charge in [-0.05, 0) is 60.0 Å². The van der Waals surface area contributed by atoms with Gasteiger partial charge in [0.2, 0.25) is 0 Å². The van der Waals surface area contributed by atoms with Crippen LogP contribution < -0.4 is 11.3 Å². The number of nitrogens with two attached hydrogens (primary N) is 1. The first-order valence-electron chi connectivity index (χ1n) is 13.1. The van der Waals surface area contributed by atoms with Crippen LogP contribution in [-0.4, -0.2) is 33.3 Å². The van der Waals surface area contributed by atoms with Crippen LogP contribution in [0.1, 0.15) is 53.0 Å². The number of carbonyl (C=O) groups excluding carboxylic acids is 1. The molecule has 0 spiro atoms. The second kappa shape index (κ2) is 11.4. The van der Waals surface area contributed by atoms with Gasteiger partial charge in [-0.2, -0.15) is 0 Å². The van der Waals surface area contributed by atoms with Crippen molar-refractivity contribution in [2.75, 3.05) is 13.1 Å². The Kier molecular flexibility index (Phi) is 7.61. The molecule has 2 aromatic heterocycles. The highest BCUT2D eigenvalue weighted by Crippen LogP contribution is 2.29. The third-order valence-electron chi connectivity index (χ3n) is 7.02. The molecule has 5 aromatic rings. The van der Waals surface area contributed by atoms with E-state index in [1.54, 1.807) is 10.6 Å². The molecule has 3 aromatic carbocycles. The van der Waals surface area contributed by atoms with Gasteiger partial charge in [0.15, 0.2) is 0 Å². The van der Waals surface area contributed by atoms with Crippen LogP contribution in [0, 0.1) is 0 Å². The van der Waals surface area contributed by atoms with Crippen molar-refractivity contribution in [3.8, 4) is 0 Å². The summed E-state index contributed by atoms with van der Waals surface area (Å²) in [7, 11) is 0. The highest BCUT2D eigenvalue weighted by Gasteiger charge is 2.29. The van der Waals surface area contributed by atoms with Gasteiger partial charge in [0.05, 0.1) is 11.7 Å². The number of nitrogens with zero attached hydrogens (tertiary/aromatic N) is 3. The van der Waals surface area contributed by atoms with Gasteiger partial charge < -0.3 is 10.6 Å². The van der Waals surface area contributed by atoms with Gasteiger partial charge in [0.1, 0.15) is 5.65 Å². The van der Waals surface area contributed by atoms with Gasteiger partial charge in [-0.1, -0.05) is 73.7 Å². The van der Waals surface area contributed by atoms with Crippen molar-refractivity contribution in [1.82, 2.24) is 14.3 Å². The lowest BCUT2D eigenvalue weighted by Gasteiger charge is -2.32. The van der Waals surface area contributed by atoms with E-state index in [2.05, 4.69) is 0 Å². The maximum Gasteiger partial charge on any atom is 0.261 e. The molecule has 2 N–H and O–H groups in total. The molecule has 0 bridgehead atoms. The lowest BCUT2D eigenvalue weighted by molar-refractivity contribution is 0.0664. The fourth-order valence-electron chi connectivity index (χ4n) is 5.09. The number of amides is 1. The van der Waals surface area contributed by atoms with E-state index in [-0.39, 0.29) is 17.5 Å². The number of pyridine rings is 1. The zero-order valence-electron chi connectivity index (χ0n) is 21.6. The third-order valence-corrected chi connectivity index (χ3v) is 7.02. The lowest BCUT2D eigenvalue weighted by Crippen LogP contribution is -2.38. The molecule has 0 saturated carbocycles. The minimum atomic E-state index is -0.378. The van der Waals surface area contributed by atoms with E-state index in [4.69, 9.17) is 10.7 Å². The largest absolute Gasteiger partial charge is 0.330 e. The molecular weight excluding hydrogens is 472 g/mol. The monoisotopic (exact) mass is 504 g/mol. The molecule has 2 heterocycles. The summed E-state index contributed by atoms with van der Waals surface area (Å²) >= 11 is 0. The number of hydrogen-bond acceptors (Lipinski definition) is 4. The van der Waals surface area contributed by atoms with Crippen molar-refractivity contribution in [2.45, 2.75) is 32.2 Å². The molecule has 192 valence electrons. The van der Waals surface area contributed by atoms with Gasteiger partial charge in [0.25, 0.3) is 11.5 Å². The smallest absolute Gasteiger partial charge is 0.261 e. The maximum absolute atomic E-state index is 14.1. The highest BCUT2D eigenvalue weighted by molar-refractivity contribution is 5.98. The fraction of sp³-hybridized carbons (Fsp3) is 0.219. The Morgan fingerprint density at radius 3 is 2.45 bits per heavy atom. The summed E-state index contributed by atoms with van der Waals surface area (Å²) < 4.78 is 1.59. The summed E-state index contributed by atoms with van der Waals surface area (Å²) in [6.45, 7) is 2.97. The normalized spacial score (nSPS) is 12.1. The number of rotatable bonds is 9. The number of benzene rings is 3. The number of hydrogen-bond donors (Lipinski definition) is 1. The van der Waals surface area contributed by atoms with Crippen LogP contribution in [-0.2, 0) is 6.42 Å². The van der Waals surface area contributed by atoms with Gasteiger partial charge in [-0.3, -0.25) is 14.0 Å². The Hall–Kier alpha value is -4.29. The lowest BCUT2D eigenvalue weighted by atomic mass is 9.97. The molecule has 0 fully saturated rings. The average Bonchev–Trinajstić information content (AvgIpc) is 2.97. The molecular formula is C32H32N4O2. The van der Waals surface area contributed by atoms with Crippen molar-refractivity contribution in [3.63, 3.8) is 0 Å². The molecule has 5 rings (SSSR count). The molecule has 6 nitrogen and oxygen atoms in total. The minimum absolute atomic E-state index is 0.0863. The SMILES string of the molecule is CCC(c1nc2ccccn2c(=O)c1Cc1ccccc1)N(CCCN)C(=O)c1ccc2ccccc2c1. The topological polar surface area (TPSA) is 80.7 Å². The second-order valence-electron chi connectivity index (χ2n) is 9.50. The summed E-state index contributed by atoms with van der Waals surface area (Å²) in [5.74, 6) is -0.0863.